The van der Waals surface area contributed by atoms with Crippen LogP contribution in [0.15, 0.2) is 18.2 Å². The fraction of sp³-hybridized carbons (Fsp3) is 0.533. The SMILES string of the molecule is CCCCCCCCc1cc([O-])ccc1C(=O)O.[K+]. The van der Waals surface area contributed by atoms with E-state index >= 15 is 0 Å². The molecule has 0 aliphatic heterocycles. The van der Waals surface area contributed by atoms with Crippen LogP contribution >= 0.6 is 0 Å². The van der Waals surface area contributed by atoms with E-state index in [4.69, 9.17) is 5.11 Å². The maximum Gasteiger partial charge on any atom is 1.00 e. The molecular formula is C15H21KO3. The molecule has 0 aliphatic carbocycles. The Kier molecular flexibility index (Phi) is 10.9. The summed E-state index contributed by atoms with van der Waals surface area (Å²) in [6.07, 6.45) is 7.65. The number of carboxylic acid groups (broad SMARTS) is 1. The summed E-state index contributed by atoms with van der Waals surface area (Å²) in [5, 5.41) is 20.3. The Morgan fingerprint density at radius 1 is 1.16 bits per heavy atom. The normalized spacial score (nSPS) is 9.95. The van der Waals surface area contributed by atoms with Crippen LogP contribution in [-0.2, 0) is 6.42 Å². The summed E-state index contributed by atoms with van der Waals surface area (Å²) in [5.74, 6) is -1.06. The minimum Gasteiger partial charge on any atom is -0.872 e. The molecule has 1 rings (SSSR count). The second-order valence-electron chi connectivity index (χ2n) is 4.64. The van der Waals surface area contributed by atoms with Gasteiger partial charge in [0.1, 0.15) is 0 Å². The van der Waals surface area contributed by atoms with Crippen LogP contribution in [0.1, 0.15) is 61.4 Å². The number of carbonyl (C=O) groups is 1. The van der Waals surface area contributed by atoms with Gasteiger partial charge in [-0.1, -0.05) is 51.2 Å². The van der Waals surface area contributed by atoms with Crippen molar-refractivity contribution in [1.29, 1.82) is 0 Å². The quantitative estimate of drug-likeness (QED) is 0.555. The minimum absolute atomic E-state index is 0. The fourth-order valence-corrected chi connectivity index (χ4v) is 2.08. The van der Waals surface area contributed by atoms with E-state index in [1.54, 1.807) is 0 Å². The zero-order chi connectivity index (χ0) is 13.4. The monoisotopic (exact) mass is 288 g/mol. The summed E-state index contributed by atoms with van der Waals surface area (Å²) >= 11 is 0. The average molecular weight is 288 g/mol. The van der Waals surface area contributed by atoms with Crippen molar-refractivity contribution in [3.63, 3.8) is 0 Å². The van der Waals surface area contributed by atoms with Gasteiger partial charge in [0, 0.05) is 0 Å². The van der Waals surface area contributed by atoms with Gasteiger partial charge in [-0.15, -0.1) is 5.75 Å². The molecule has 0 amide bonds. The first kappa shape index (κ1) is 19.1. The first-order chi connectivity index (χ1) is 8.65. The standard InChI is InChI=1S/C15H22O3.K/c1-2-3-4-5-6-7-8-12-11-13(16)9-10-14(12)15(17)18;/h9-11,16H,2-8H2,1H3,(H,17,18);/q;+1/p-1. The number of benzene rings is 1. The third-order valence-corrected chi connectivity index (χ3v) is 3.11. The van der Waals surface area contributed by atoms with Crippen LogP contribution in [0.2, 0.25) is 0 Å². The van der Waals surface area contributed by atoms with Gasteiger partial charge in [0.25, 0.3) is 0 Å². The van der Waals surface area contributed by atoms with Crippen LogP contribution in [0, 0.1) is 0 Å². The predicted octanol–water partition coefficient (Wildman–Crippen LogP) is 0.365. The molecule has 1 aromatic rings. The van der Waals surface area contributed by atoms with Gasteiger partial charge in [0.2, 0.25) is 0 Å². The number of aryl methyl sites for hydroxylation is 1. The van der Waals surface area contributed by atoms with Crippen molar-refractivity contribution in [3.05, 3.63) is 29.3 Å². The van der Waals surface area contributed by atoms with Crippen molar-refractivity contribution in [2.75, 3.05) is 0 Å². The van der Waals surface area contributed by atoms with Gasteiger partial charge < -0.3 is 10.2 Å². The van der Waals surface area contributed by atoms with E-state index in [1.807, 2.05) is 0 Å². The molecule has 0 unspecified atom stereocenters. The Morgan fingerprint density at radius 2 is 1.79 bits per heavy atom. The molecule has 4 heteroatoms. The smallest absolute Gasteiger partial charge is 0.872 e. The Morgan fingerprint density at radius 3 is 2.42 bits per heavy atom. The molecule has 0 spiro atoms. The molecule has 19 heavy (non-hydrogen) atoms. The Bertz CT molecular complexity index is 391. The maximum atomic E-state index is 11.2. The van der Waals surface area contributed by atoms with Crippen LogP contribution in [0.4, 0.5) is 0 Å². The molecule has 0 saturated heterocycles. The molecule has 0 heterocycles. The second kappa shape index (κ2) is 10.9. The molecule has 100 valence electrons. The number of aromatic carboxylic acids is 1. The van der Waals surface area contributed by atoms with Crippen molar-refractivity contribution in [3.8, 4) is 5.75 Å². The van der Waals surface area contributed by atoms with Crippen molar-refractivity contribution in [1.82, 2.24) is 0 Å². The molecule has 0 saturated carbocycles. The summed E-state index contributed by atoms with van der Waals surface area (Å²) in [4.78, 5) is 11.0. The van der Waals surface area contributed by atoms with Crippen LogP contribution in [0.3, 0.4) is 0 Å². The number of rotatable bonds is 8. The van der Waals surface area contributed by atoms with E-state index in [2.05, 4.69) is 6.92 Å². The Hall–Kier alpha value is 0.126. The van der Waals surface area contributed by atoms with Crippen LogP contribution in [0.5, 0.6) is 5.75 Å². The van der Waals surface area contributed by atoms with Crippen LogP contribution in [0.25, 0.3) is 0 Å². The van der Waals surface area contributed by atoms with E-state index in [0.29, 0.717) is 12.0 Å². The third-order valence-electron chi connectivity index (χ3n) is 3.11. The molecular weight excluding hydrogens is 267 g/mol. The van der Waals surface area contributed by atoms with Gasteiger partial charge >= 0.3 is 57.4 Å². The van der Waals surface area contributed by atoms with Crippen molar-refractivity contribution in [2.45, 2.75) is 51.9 Å². The Labute approximate surface area is 157 Å². The number of hydrogen-bond acceptors (Lipinski definition) is 2. The fourth-order valence-electron chi connectivity index (χ4n) is 2.08. The Balaban J connectivity index is 0.00000324. The zero-order valence-corrected chi connectivity index (χ0v) is 15.1. The van der Waals surface area contributed by atoms with Crippen molar-refractivity contribution in [2.24, 2.45) is 0 Å². The van der Waals surface area contributed by atoms with E-state index in [1.165, 1.54) is 43.9 Å². The summed E-state index contributed by atoms with van der Waals surface area (Å²) in [6, 6.07) is 4.18. The molecule has 0 radical (unpaired) electrons. The summed E-state index contributed by atoms with van der Waals surface area (Å²) in [5.41, 5.74) is 0.939. The van der Waals surface area contributed by atoms with Gasteiger partial charge in [-0.25, -0.2) is 4.79 Å². The zero-order valence-electron chi connectivity index (χ0n) is 11.9. The van der Waals surface area contributed by atoms with Gasteiger partial charge in [-0.05, 0) is 24.5 Å². The second-order valence-corrected chi connectivity index (χ2v) is 4.64. The molecule has 0 fully saturated rings. The third kappa shape index (κ3) is 7.47. The molecule has 3 nitrogen and oxygen atoms in total. The maximum absolute atomic E-state index is 11.2. The summed E-state index contributed by atoms with van der Waals surface area (Å²) in [7, 11) is 0. The predicted molar refractivity (Wildman–Crippen MR) is 69.9 cm³/mol. The first-order valence-electron chi connectivity index (χ1n) is 6.68. The van der Waals surface area contributed by atoms with E-state index in [-0.39, 0.29) is 62.7 Å². The minimum atomic E-state index is -0.948. The average Bonchev–Trinajstić information content (AvgIpc) is 2.33. The van der Waals surface area contributed by atoms with Crippen LogP contribution in [-0.4, -0.2) is 11.1 Å². The van der Waals surface area contributed by atoms with Gasteiger partial charge in [0.15, 0.2) is 0 Å². The molecule has 1 aromatic carbocycles. The molecule has 0 aromatic heterocycles. The summed E-state index contributed by atoms with van der Waals surface area (Å²) in [6.45, 7) is 2.18. The molecule has 0 bridgehead atoms. The van der Waals surface area contributed by atoms with Crippen molar-refractivity contribution < 1.29 is 66.4 Å². The van der Waals surface area contributed by atoms with Crippen molar-refractivity contribution >= 4 is 5.97 Å². The van der Waals surface area contributed by atoms with Gasteiger partial charge in [-0.3, -0.25) is 0 Å². The summed E-state index contributed by atoms with van der Waals surface area (Å²) < 4.78 is 0. The van der Waals surface area contributed by atoms with Gasteiger partial charge in [0.05, 0.1) is 5.56 Å². The number of carboxylic acids is 1. The van der Waals surface area contributed by atoms with E-state index in [0.717, 1.165) is 12.8 Å². The largest absolute Gasteiger partial charge is 1.00 e. The van der Waals surface area contributed by atoms with Crippen LogP contribution < -0.4 is 56.5 Å². The first-order valence-corrected chi connectivity index (χ1v) is 6.68. The number of hydrogen-bond donors (Lipinski definition) is 1. The topological polar surface area (TPSA) is 60.4 Å². The molecule has 0 atom stereocenters. The molecule has 1 N–H and O–H groups in total. The van der Waals surface area contributed by atoms with Gasteiger partial charge in [-0.2, -0.15) is 0 Å². The molecule has 0 aliphatic rings. The van der Waals surface area contributed by atoms with E-state index < -0.39 is 5.97 Å². The number of unbranched alkanes of at least 4 members (excludes halogenated alkanes) is 5. The van der Waals surface area contributed by atoms with E-state index in [9.17, 15) is 9.90 Å².